The number of nitrogens with zero attached hydrogens (tertiary/aromatic N) is 3. The fourth-order valence-electron chi connectivity index (χ4n) is 3.50. The molecule has 0 saturated heterocycles. The molecule has 2 aromatic carbocycles. The first kappa shape index (κ1) is 25.6. The summed E-state index contributed by atoms with van der Waals surface area (Å²) < 4.78 is 32.1. The Balaban J connectivity index is 1.91. The van der Waals surface area contributed by atoms with Crippen LogP contribution in [-0.4, -0.2) is 65.9 Å². The van der Waals surface area contributed by atoms with E-state index < -0.39 is 6.10 Å². The molecular weight excluding hydrogens is 437 g/mol. The maximum absolute atomic E-state index is 13.4. The largest absolute Gasteiger partial charge is 0.439 e. The molecule has 8 heteroatoms. The van der Waals surface area contributed by atoms with E-state index in [0.717, 1.165) is 16.9 Å². The van der Waals surface area contributed by atoms with Gasteiger partial charge in [-0.25, -0.2) is 9.07 Å². The number of hydrogen-bond acceptors (Lipinski definition) is 6. The zero-order chi connectivity index (χ0) is 24.3. The number of para-hydroxylation sites is 1. The molecule has 0 radical (unpaired) electrons. The fourth-order valence-corrected chi connectivity index (χ4v) is 3.50. The van der Waals surface area contributed by atoms with E-state index in [1.807, 2.05) is 37.3 Å². The van der Waals surface area contributed by atoms with Crippen LogP contribution < -0.4 is 4.74 Å². The third-order valence-corrected chi connectivity index (χ3v) is 5.17. The number of halogens is 1. The average molecular weight is 470 g/mol. The molecule has 34 heavy (non-hydrogen) atoms. The first-order chi connectivity index (χ1) is 16.5. The van der Waals surface area contributed by atoms with E-state index in [1.165, 1.54) is 12.1 Å². The summed E-state index contributed by atoms with van der Waals surface area (Å²) in [7, 11) is 1.64. The van der Waals surface area contributed by atoms with Gasteiger partial charge < -0.3 is 19.3 Å². The van der Waals surface area contributed by atoms with Gasteiger partial charge in [0.15, 0.2) is 0 Å². The second-order valence-corrected chi connectivity index (χ2v) is 7.88. The first-order valence-electron chi connectivity index (χ1n) is 11.2. The van der Waals surface area contributed by atoms with Crippen molar-refractivity contribution >= 4 is 0 Å². The lowest BCUT2D eigenvalue weighted by Gasteiger charge is -2.25. The molecule has 0 bridgehead atoms. The number of methoxy groups -OCH3 is 1. The smallest absolute Gasteiger partial charge is 0.227 e. The highest BCUT2D eigenvalue weighted by Crippen LogP contribution is 2.31. The zero-order valence-electron chi connectivity index (χ0n) is 19.7. The lowest BCUT2D eigenvalue weighted by Crippen LogP contribution is -2.36. The number of ether oxygens (including phenoxy) is 3. The van der Waals surface area contributed by atoms with E-state index in [2.05, 4.69) is 11.5 Å². The van der Waals surface area contributed by atoms with Gasteiger partial charge >= 0.3 is 0 Å². The van der Waals surface area contributed by atoms with Crippen molar-refractivity contribution in [1.82, 2.24) is 14.7 Å². The molecule has 0 aliphatic heterocycles. The van der Waals surface area contributed by atoms with Crippen molar-refractivity contribution in [3.63, 3.8) is 0 Å². The molecule has 3 aromatic rings. The zero-order valence-corrected chi connectivity index (χ0v) is 19.7. The summed E-state index contributed by atoms with van der Waals surface area (Å²) in [5, 5.41) is 15.2. The minimum Gasteiger partial charge on any atom is -0.439 e. The third kappa shape index (κ3) is 7.23. The standard InChI is InChI=1S/C26H32FN3O4/c1-4-15-33-19-23(31)17-29(14-16-32-3)18-25-20(2)28-30(22-8-6-5-7-9-22)26(25)34-24-12-10-21(27)11-13-24/h4-13,23,31H,1,14-19H2,2-3H3/t23-/m1/s1. The van der Waals surface area contributed by atoms with E-state index >= 15 is 0 Å². The molecule has 182 valence electrons. The highest BCUT2D eigenvalue weighted by molar-refractivity contribution is 5.43. The van der Waals surface area contributed by atoms with Crippen LogP contribution in [-0.2, 0) is 16.0 Å². The average Bonchev–Trinajstić information content (AvgIpc) is 3.14. The van der Waals surface area contributed by atoms with Crippen molar-refractivity contribution in [3.05, 3.63) is 84.3 Å². The molecule has 3 rings (SSSR count). The molecule has 0 saturated carbocycles. The van der Waals surface area contributed by atoms with E-state index in [-0.39, 0.29) is 12.4 Å². The van der Waals surface area contributed by atoms with Crippen LogP contribution in [0.4, 0.5) is 4.39 Å². The van der Waals surface area contributed by atoms with E-state index in [0.29, 0.717) is 44.5 Å². The molecule has 0 aliphatic carbocycles. The Labute approximate surface area is 200 Å². The molecule has 1 N–H and O–H groups in total. The van der Waals surface area contributed by atoms with E-state index in [4.69, 9.17) is 19.3 Å². The van der Waals surface area contributed by atoms with E-state index in [1.54, 1.807) is 30.0 Å². The Bertz CT molecular complexity index is 1020. The molecule has 0 spiro atoms. The Hall–Kier alpha value is -3.04. The van der Waals surface area contributed by atoms with Crippen LogP contribution in [0.15, 0.2) is 67.3 Å². The van der Waals surface area contributed by atoms with Crippen molar-refractivity contribution in [2.45, 2.75) is 19.6 Å². The molecule has 0 fully saturated rings. The molecule has 1 aromatic heterocycles. The summed E-state index contributed by atoms with van der Waals surface area (Å²) in [5.41, 5.74) is 2.50. The molecule has 7 nitrogen and oxygen atoms in total. The molecule has 0 unspecified atom stereocenters. The number of aromatic nitrogens is 2. The number of hydrogen-bond donors (Lipinski definition) is 1. The predicted octanol–water partition coefficient (Wildman–Crippen LogP) is 4.12. The third-order valence-electron chi connectivity index (χ3n) is 5.17. The lowest BCUT2D eigenvalue weighted by molar-refractivity contribution is 0.0192. The normalized spacial score (nSPS) is 12.1. The molecule has 0 amide bonds. The van der Waals surface area contributed by atoms with Gasteiger partial charge in [0.25, 0.3) is 0 Å². The van der Waals surface area contributed by atoms with Crippen LogP contribution >= 0.6 is 0 Å². The van der Waals surface area contributed by atoms with Crippen molar-refractivity contribution in [3.8, 4) is 17.3 Å². The minimum atomic E-state index is -0.678. The van der Waals surface area contributed by atoms with Gasteiger partial charge in [-0.05, 0) is 43.3 Å². The summed E-state index contributed by atoms with van der Waals surface area (Å²) in [6, 6.07) is 15.6. The number of rotatable bonds is 14. The van der Waals surface area contributed by atoms with Gasteiger partial charge in [0, 0.05) is 26.7 Å². The van der Waals surface area contributed by atoms with Crippen molar-refractivity contribution in [2.24, 2.45) is 0 Å². The van der Waals surface area contributed by atoms with Crippen LogP contribution in [0.25, 0.3) is 5.69 Å². The van der Waals surface area contributed by atoms with Crippen molar-refractivity contribution < 1.29 is 23.7 Å². The van der Waals surface area contributed by atoms with Crippen LogP contribution in [0.1, 0.15) is 11.3 Å². The quantitative estimate of drug-likeness (QED) is 0.283. The Morgan fingerprint density at radius 2 is 1.91 bits per heavy atom. The Morgan fingerprint density at radius 1 is 1.18 bits per heavy atom. The monoisotopic (exact) mass is 469 g/mol. The van der Waals surface area contributed by atoms with Gasteiger partial charge in [0.1, 0.15) is 11.6 Å². The highest BCUT2D eigenvalue weighted by atomic mass is 19.1. The number of aliphatic hydroxyl groups excluding tert-OH is 1. The summed E-state index contributed by atoms with van der Waals surface area (Å²) in [6.45, 7) is 8.08. The van der Waals surface area contributed by atoms with Gasteiger partial charge in [0.2, 0.25) is 5.88 Å². The second kappa shape index (κ2) is 13.0. The lowest BCUT2D eigenvalue weighted by atomic mass is 10.2. The van der Waals surface area contributed by atoms with Crippen LogP contribution in [0.5, 0.6) is 11.6 Å². The maximum Gasteiger partial charge on any atom is 0.227 e. The summed E-state index contributed by atoms with van der Waals surface area (Å²) >= 11 is 0. The SMILES string of the molecule is C=CCOC[C@H](O)CN(CCOC)Cc1c(C)nn(-c2ccccc2)c1Oc1ccc(F)cc1. The van der Waals surface area contributed by atoms with Gasteiger partial charge in [-0.2, -0.15) is 5.10 Å². The Morgan fingerprint density at radius 3 is 2.59 bits per heavy atom. The van der Waals surface area contributed by atoms with Crippen LogP contribution in [0.2, 0.25) is 0 Å². The maximum atomic E-state index is 13.4. The highest BCUT2D eigenvalue weighted by Gasteiger charge is 2.22. The summed E-state index contributed by atoms with van der Waals surface area (Å²) in [4.78, 5) is 2.07. The number of aryl methyl sites for hydroxylation is 1. The van der Waals surface area contributed by atoms with Crippen LogP contribution in [0, 0.1) is 12.7 Å². The second-order valence-electron chi connectivity index (χ2n) is 7.88. The Kier molecular flexibility index (Phi) is 9.78. The van der Waals surface area contributed by atoms with Gasteiger partial charge in [-0.1, -0.05) is 24.3 Å². The summed E-state index contributed by atoms with van der Waals surface area (Å²) in [5.74, 6) is 0.704. The van der Waals surface area contributed by atoms with Crippen molar-refractivity contribution in [2.75, 3.05) is 40.0 Å². The topological polar surface area (TPSA) is 69.0 Å². The number of benzene rings is 2. The predicted molar refractivity (Wildman–Crippen MR) is 129 cm³/mol. The minimum absolute atomic E-state index is 0.205. The van der Waals surface area contributed by atoms with Gasteiger partial charge in [0.05, 0.1) is 42.9 Å². The van der Waals surface area contributed by atoms with Gasteiger partial charge in [-0.15, -0.1) is 6.58 Å². The fraction of sp³-hybridized carbons (Fsp3) is 0.346. The molecule has 1 heterocycles. The molecule has 1 atom stereocenters. The molecule has 0 aliphatic rings. The van der Waals surface area contributed by atoms with E-state index in [9.17, 15) is 9.50 Å². The summed E-state index contributed by atoms with van der Waals surface area (Å²) in [6.07, 6.45) is 0.971. The number of aliphatic hydroxyl groups is 1. The molecular formula is C26H32FN3O4. The first-order valence-corrected chi connectivity index (χ1v) is 11.2. The van der Waals surface area contributed by atoms with Crippen LogP contribution in [0.3, 0.4) is 0 Å². The van der Waals surface area contributed by atoms with Gasteiger partial charge in [-0.3, -0.25) is 4.90 Å². The van der Waals surface area contributed by atoms with Crippen molar-refractivity contribution in [1.29, 1.82) is 0 Å².